The predicted molar refractivity (Wildman–Crippen MR) is 63.9 cm³/mol. The smallest absolute Gasteiger partial charge is 0.356 e. The molecule has 0 amide bonds. The minimum absolute atomic E-state index is 0.0528. The van der Waals surface area contributed by atoms with Crippen molar-refractivity contribution >= 4 is 17.2 Å². The number of carboxylic acids is 1. The molecule has 90 valence electrons. The number of carbonyl (C=O) groups is 1. The van der Waals surface area contributed by atoms with Crippen LogP contribution in [0.1, 0.15) is 22.7 Å². The number of aromatic nitrogens is 2. The van der Waals surface area contributed by atoms with E-state index in [2.05, 4.69) is 4.98 Å². The monoisotopic (exact) mass is 234 g/mol. The molecule has 17 heavy (non-hydrogen) atoms. The van der Waals surface area contributed by atoms with Crippen LogP contribution in [0.25, 0.3) is 5.52 Å². The minimum atomic E-state index is -1.04. The van der Waals surface area contributed by atoms with Gasteiger partial charge in [-0.25, -0.2) is 9.78 Å². The second-order valence-corrected chi connectivity index (χ2v) is 3.79. The van der Waals surface area contributed by atoms with Crippen LogP contribution in [0.3, 0.4) is 0 Å². The highest BCUT2D eigenvalue weighted by Crippen LogP contribution is 2.16. The van der Waals surface area contributed by atoms with Crippen molar-refractivity contribution in [2.75, 3.05) is 12.3 Å². The summed E-state index contributed by atoms with van der Waals surface area (Å²) in [7, 11) is 0. The van der Waals surface area contributed by atoms with E-state index in [1.165, 1.54) is 0 Å². The lowest BCUT2D eigenvalue weighted by Gasteiger charge is -2.01. The summed E-state index contributed by atoms with van der Waals surface area (Å²) in [6.45, 7) is 0.541. The molecule has 0 aromatic carbocycles. The van der Waals surface area contributed by atoms with Crippen molar-refractivity contribution in [2.24, 2.45) is 5.73 Å². The van der Waals surface area contributed by atoms with Crippen LogP contribution in [-0.4, -0.2) is 27.0 Å². The van der Waals surface area contributed by atoms with Crippen molar-refractivity contribution in [1.29, 1.82) is 0 Å². The van der Waals surface area contributed by atoms with Crippen molar-refractivity contribution < 1.29 is 9.90 Å². The lowest BCUT2D eigenvalue weighted by Crippen LogP contribution is -2.03. The number of rotatable bonds is 4. The van der Waals surface area contributed by atoms with Gasteiger partial charge in [0.05, 0.1) is 5.52 Å². The Morgan fingerprint density at radius 2 is 2.24 bits per heavy atom. The maximum absolute atomic E-state index is 11.1. The summed E-state index contributed by atoms with van der Waals surface area (Å²) < 4.78 is 1.72. The average molecular weight is 234 g/mol. The van der Waals surface area contributed by atoms with Gasteiger partial charge in [0, 0.05) is 18.3 Å². The third-order valence-electron chi connectivity index (χ3n) is 2.54. The van der Waals surface area contributed by atoms with Gasteiger partial charge in [-0.3, -0.25) is 0 Å². The quantitative estimate of drug-likeness (QED) is 0.714. The van der Waals surface area contributed by atoms with E-state index in [1.807, 2.05) is 0 Å². The molecule has 0 bridgehead atoms. The number of nitrogens with two attached hydrogens (primary N) is 2. The van der Waals surface area contributed by atoms with Crippen LogP contribution in [0.2, 0.25) is 0 Å². The van der Waals surface area contributed by atoms with E-state index in [9.17, 15) is 4.79 Å². The van der Waals surface area contributed by atoms with E-state index in [4.69, 9.17) is 16.6 Å². The molecule has 6 nitrogen and oxygen atoms in total. The molecule has 5 N–H and O–H groups in total. The summed E-state index contributed by atoms with van der Waals surface area (Å²) >= 11 is 0. The SMILES string of the molecule is NCCCc1nc(C(=O)O)c2ccc(N)cn12. The highest BCUT2D eigenvalue weighted by molar-refractivity contribution is 5.93. The van der Waals surface area contributed by atoms with Gasteiger partial charge in [0.15, 0.2) is 5.69 Å². The van der Waals surface area contributed by atoms with Crippen LogP contribution in [0, 0.1) is 0 Å². The van der Waals surface area contributed by atoms with Gasteiger partial charge in [0.25, 0.3) is 0 Å². The number of pyridine rings is 1. The highest BCUT2D eigenvalue weighted by Gasteiger charge is 2.16. The molecule has 0 aliphatic heterocycles. The molecule has 0 saturated heterocycles. The second-order valence-electron chi connectivity index (χ2n) is 3.79. The summed E-state index contributed by atoms with van der Waals surface area (Å²) in [5.74, 6) is -0.360. The Morgan fingerprint density at radius 3 is 2.88 bits per heavy atom. The number of nitrogen functional groups attached to an aromatic ring is 1. The van der Waals surface area contributed by atoms with Gasteiger partial charge in [-0.15, -0.1) is 0 Å². The van der Waals surface area contributed by atoms with Crippen LogP contribution in [0.5, 0.6) is 0 Å². The third kappa shape index (κ3) is 2.07. The zero-order valence-corrected chi connectivity index (χ0v) is 9.26. The molecule has 0 radical (unpaired) electrons. The number of nitrogens with zero attached hydrogens (tertiary/aromatic N) is 2. The molecular formula is C11H14N4O2. The van der Waals surface area contributed by atoms with Crippen LogP contribution >= 0.6 is 0 Å². The molecular weight excluding hydrogens is 220 g/mol. The first-order valence-corrected chi connectivity index (χ1v) is 5.33. The highest BCUT2D eigenvalue weighted by atomic mass is 16.4. The van der Waals surface area contributed by atoms with Crippen LogP contribution in [-0.2, 0) is 6.42 Å². The van der Waals surface area contributed by atoms with Gasteiger partial charge in [-0.05, 0) is 25.1 Å². The molecule has 0 fully saturated rings. The standard InChI is InChI=1S/C11H14N4O2/c12-5-1-2-9-14-10(11(16)17)8-4-3-7(13)6-15(8)9/h3-4,6H,1-2,5,12-13H2,(H,16,17). The number of carboxylic acid groups (broad SMARTS) is 1. The Bertz CT molecular complexity index is 562. The van der Waals surface area contributed by atoms with Crippen molar-refractivity contribution in [3.63, 3.8) is 0 Å². The van der Waals surface area contributed by atoms with Gasteiger partial charge in [-0.2, -0.15) is 0 Å². The van der Waals surface area contributed by atoms with E-state index < -0.39 is 5.97 Å². The molecule has 2 rings (SSSR count). The summed E-state index contributed by atoms with van der Waals surface area (Å²) in [5.41, 5.74) is 12.3. The fraction of sp³-hybridized carbons (Fsp3) is 0.273. The van der Waals surface area contributed by atoms with Crippen molar-refractivity contribution in [1.82, 2.24) is 9.38 Å². The number of aryl methyl sites for hydroxylation is 1. The maximum Gasteiger partial charge on any atom is 0.356 e. The Balaban J connectivity index is 2.58. The molecule has 0 aliphatic rings. The lowest BCUT2D eigenvalue weighted by atomic mass is 10.3. The first-order valence-electron chi connectivity index (χ1n) is 5.33. The van der Waals surface area contributed by atoms with E-state index >= 15 is 0 Å². The van der Waals surface area contributed by atoms with Crippen LogP contribution in [0.4, 0.5) is 5.69 Å². The van der Waals surface area contributed by atoms with Gasteiger partial charge in [0.1, 0.15) is 5.82 Å². The summed E-state index contributed by atoms with van der Waals surface area (Å²) in [6, 6.07) is 3.33. The third-order valence-corrected chi connectivity index (χ3v) is 2.54. The molecule has 0 unspecified atom stereocenters. The van der Waals surface area contributed by atoms with Crippen molar-refractivity contribution in [3.05, 3.63) is 29.8 Å². The van der Waals surface area contributed by atoms with E-state index in [-0.39, 0.29) is 5.69 Å². The van der Waals surface area contributed by atoms with E-state index in [1.54, 1.807) is 22.7 Å². The van der Waals surface area contributed by atoms with Crippen molar-refractivity contribution in [2.45, 2.75) is 12.8 Å². The van der Waals surface area contributed by atoms with Crippen LogP contribution < -0.4 is 11.5 Å². The topological polar surface area (TPSA) is 107 Å². The van der Waals surface area contributed by atoms with Gasteiger partial charge in [0.2, 0.25) is 0 Å². The Hall–Kier alpha value is -2.08. The molecule has 2 aromatic heterocycles. The normalized spacial score (nSPS) is 10.9. The zero-order valence-electron chi connectivity index (χ0n) is 9.26. The molecule has 0 spiro atoms. The Morgan fingerprint density at radius 1 is 1.47 bits per heavy atom. The van der Waals surface area contributed by atoms with Gasteiger partial charge in [-0.1, -0.05) is 0 Å². The molecule has 2 aromatic rings. The second kappa shape index (κ2) is 4.42. The maximum atomic E-state index is 11.1. The average Bonchev–Trinajstić information content (AvgIpc) is 2.64. The van der Waals surface area contributed by atoms with Gasteiger partial charge >= 0.3 is 5.97 Å². The minimum Gasteiger partial charge on any atom is -0.476 e. The molecule has 6 heteroatoms. The Labute approximate surface area is 97.9 Å². The molecule has 0 atom stereocenters. The fourth-order valence-corrected chi connectivity index (χ4v) is 1.76. The lowest BCUT2D eigenvalue weighted by molar-refractivity contribution is 0.0693. The Kier molecular flexibility index (Phi) is 2.97. The number of imidazole rings is 1. The first kappa shape index (κ1) is 11.4. The van der Waals surface area contributed by atoms with Crippen LogP contribution in [0.15, 0.2) is 18.3 Å². The predicted octanol–water partition coefficient (Wildman–Crippen LogP) is 0.506. The van der Waals surface area contributed by atoms with E-state index in [0.29, 0.717) is 30.0 Å². The fourth-order valence-electron chi connectivity index (χ4n) is 1.76. The number of aromatic carboxylic acids is 1. The number of fused-ring (bicyclic) bond motifs is 1. The van der Waals surface area contributed by atoms with E-state index in [0.717, 1.165) is 6.42 Å². The number of hydrogen-bond donors (Lipinski definition) is 3. The summed E-state index contributed by atoms with van der Waals surface area (Å²) in [4.78, 5) is 15.2. The summed E-state index contributed by atoms with van der Waals surface area (Å²) in [5, 5.41) is 9.06. The van der Waals surface area contributed by atoms with Gasteiger partial charge < -0.3 is 21.0 Å². The summed E-state index contributed by atoms with van der Waals surface area (Å²) in [6.07, 6.45) is 3.07. The largest absolute Gasteiger partial charge is 0.476 e. The molecule has 2 heterocycles. The van der Waals surface area contributed by atoms with Crippen molar-refractivity contribution in [3.8, 4) is 0 Å². The number of anilines is 1. The first-order chi connectivity index (χ1) is 8.13. The zero-order chi connectivity index (χ0) is 12.4. The number of hydrogen-bond acceptors (Lipinski definition) is 4. The molecule has 0 aliphatic carbocycles. The molecule has 0 saturated carbocycles.